The maximum absolute atomic E-state index is 13.1. The SMILES string of the molecule is CCOc1ccc(Cl)c(/C(O)=C2\C(=O)C(=O)N(c3ccccc3)C2c2ccc(O)cc2)c1. The van der Waals surface area contributed by atoms with E-state index in [2.05, 4.69) is 0 Å². The molecule has 0 aromatic heterocycles. The van der Waals surface area contributed by atoms with Crippen LogP contribution in [0.25, 0.3) is 5.76 Å². The van der Waals surface area contributed by atoms with E-state index < -0.39 is 23.5 Å². The standard InChI is InChI=1S/C25H20ClNO5/c1-2-32-18-12-13-20(26)19(14-18)23(29)21-22(15-8-10-17(28)11-9-15)27(25(31)24(21)30)16-6-4-3-5-7-16/h3-14,22,28-29H,2H2,1H3/b23-21+. The molecule has 1 saturated heterocycles. The van der Waals surface area contributed by atoms with E-state index in [4.69, 9.17) is 16.3 Å². The van der Waals surface area contributed by atoms with Crippen LogP contribution in [0.4, 0.5) is 5.69 Å². The van der Waals surface area contributed by atoms with Gasteiger partial charge in [-0.15, -0.1) is 0 Å². The molecule has 0 aliphatic carbocycles. The Morgan fingerprint density at radius 2 is 1.72 bits per heavy atom. The third-order valence-corrected chi connectivity index (χ3v) is 5.52. The number of aromatic hydroxyl groups is 1. The number of ketones is 1. The zero-order valence-corrected chi connectivity index (χ0v) is 17.9. The van der Waals surface area contributed by atoms with E-state index in [1.54, 1.807) is 54.6 Å². The predicted octanol–water partition coefficient (Wildman–Crippen LogP) is 5.07. The van der Waals surface area contributed by atoms with E-state index in [-0.39, 0.29) is 21.9 Å². The average molecular weight is 450 g/mol. The molecule has 1 aliphatic rings. The molecule has 0 radical (unpaired) electrons. The first-order valence-electron chi connectivity index (χ1n) is 10.00. The highest BCUT2D eigenvalue weighted by Crippen LogP contribution is 2.43. The normalized spacial score (nSPS) is 17.6. The van der Waals surface area contributed by atoms with E-state index >= 15 is 0 Å². The minimum atomic E-state index is -0.912. The Bertz CT molecular complexity index is 1200. The summed E-state index contributed by atoms with van der Waals surface area (Å²) in [5, 5.41) is 21.1. The summed E-state index contributed by atoms with van der Waals surface area (Å²) in [6.07, 6.45) is 0. The Morgan fingerprint density at radius 3 is 2.38 bits per heavy atom. The van der Waals surface area contributed by atoms with Gasteiger partial charge in [0.25, 0.3) is 11.7 Å². The lowest BCUT2D eigenvalue weighted by Gasteiger charge is -2.25. The lowest BCUT2D eigenvalue weighted by Crippen LogP contribution is -2.29. The van der Waals surface area contributed by atoms with E-state index in [1.165, 1.54) is 23.1 Å². The van der Waals surface area contributed by atoms with Crippen LogP contribution < -0.4 is 9.64 Å². The van der Waals surface area contributed by atoms with Crippen LogP contribution >= 0.6 is 11.6 Å². The molecular weight excluding hydrogens is 430 g/mol. The Balaban J connectivity index is 1.95. The molecule has 1 atom stereocenters. The van der Waals surface area contributed by atoms with Crippen molar-refractivity contribution >= 4 is 34.7 Å². The summed E-state index contributed by atoms with van der Waals surface area (Å²) < 4.78 is 5.49. The highest BCUT2D eigenvalue weighted by molar-refractivity contribution is 6.52. The molecule has 162 valence electrons. The van der Waals surface area contributed by atoms with Crippen LogP contribution in [0, 0.1) is 0 Å². The number of para-hydroxylation sites is 1. The number of aliphatic hydroxyl groups is 1. The summed E-state index contributed by atoms with van der Waals surface area (Å²) >= 11 is 6.33. The number of halogens is 1. The molecule has 1 aliphatic heterocycles. The van der Waals surface area contributed by atoms with E-state index in [0.717, 1.165) is 0 Å². The largest absolute Gasteiger partial charge is 0.508 e. The Kier molecular flexibility index (Phi) is 5.88. The topological polar surface area (TPSA) is 87.1 Å². The molecule has 3 aromatic rings. The number of hydrogen-bond acceptors (Lipinski definition) is 5. The number of nitrogens with zero attached hydrogens (tertiary/aromatic N) is 1. The van der Waals surface area contributed by atoms with Crippen molar-refractivity contribution < 1.29 is 24.5 Å². The van der Waals surface area contributed by atoms with Gasteiger partial charge in [-0.1, -0.05) is 41.9 Å². The summed E-state index contributed by atoms with van der Waals surface area (Å²) in [4.78, 5) is 27.6. The minimum Gasteiger partial charge on any atom is -0.508 e. The number of anilines is 1. The first-order chi connectivity index (χ1) is 15.4. The van der Waals surface area contributed by atoms with Crippen LogP contribution in [-0.2, 0) is 9.59 Å². The molecule has 1 heterocycles. The zero-order valence-electron chi connectivity index (χ0n) is 17.2. The molecule has 2 N–H and O–H groups in total. The van der Waals surface area contributed by atoms with Gasteiger partial charge in [0.2, 0.25) is 0 Å². The number of Topliss-reactive ketones (excluding diaryl/α,β-unsaturated/α-hetero) is 1. The van der Waals surface area contributed by atoms with Gasteiger partial charge in [-0.2, -0.15) is 0 Å². The molecule has 0 saturated carbocycles. The second-order valence-electron chi connectivity index (χ2n) is 7.17. The molecule has 0 spiro atoms. The van der Waals surface area contributed by atoms with Crippen LogP contribution in [-0.4, -0.2) is 28.5 Å². The van der Waals surface area contributed by atoms with E-state index in [1.807, 2.05) is 6.92 Å². The maximum atomic E-state index is 13.1. The number of carbonyl (C=O) groups excluding carboxylic acids is 2. The molecule has 4 rings (SSSR count). The zero-order chi connectivity index (χ0) is 22.8. The van der Waals surface area contributed by atoms with Crippen LogP contribution in [0.2, 0.25) is 5.02 Å². The molecule has 1 fully saturated rings. The summed E-state index contributed by atoms with van der Waals surface area (Å²) in [6.45, 7) is 2.23. The van der Waals surface area contributed by atoms with Crippen molar-refractivity contribution in [1.82, 2.24) is 0 Å². The molecule has 32 heavy (non-hydrogen) atoms. The van der Waals surface area contributed by atoms with E-state index in [9.17, 15) is 19.8 Å². The summed E-state index contributed by atoms with van der Waals surface area (Å²) in [5.41, 5.74) is 1.14. The predicted molar refractivity (Wildman–Crippen MR) is 122 cm³/mol. The van der Waals surface area contributed by atoms with Gasteiger partial charge < -0.3 is 14.9 Å². The molecule has 1 unspecified atom stereocenters. The number of hydrogen-bond donors (Lipinski definition) is 2. The highest BCUT2D eigenvalue weighted by atomic mass is 35.5. The van der Waals surface area contributed by atoms with Crippen molar-refractivity contribution in [1.29, 1.82) is 0 Å². The third kappa shape index (κ3) is 3.81. The average Bonchev–Trinajstić information content (AvgIpc) is 3.06. The Hall–Kier alpha value is -3.77. The Labute approximate surface area is 189 Å². The van der Waals surface area contributed by atoms with Gasteiger partial charge in [-0.25, -0.2) is 0 Å². The van der Waals surface area contributed by atoms with Crippen LogP contribution in [0.1, 0.15) is 24.1 Å². The molecule has 0 bridgehead atoms. The molecule has 3 aromatic carbocycles. The van der Waals surface area contributed by atoms with Gasteiger partial charge in [0.1, 0.15) is 17.3 Å². The van der Waals surface area contributed by atoms with Crippen LogP contribution in [0.3, 0.4) is 0 Å². The first-order valence-corrected chi connectivity index (χ1v) is 10.4. The molecular formula is C25H20ClNO5. The number of aliphatic hydroxyl groups excluding tert-OH is 1. The lowest BCUT2D eigenvalue weighted by molar-refractivity contribution is -0.132. The second kappa shape index (κ2) is 8.77. The quantitative estimate of drug-likeness (QED) is 0.322. The van der Waals surface area contributed by atoms with Crippen molar-refractivity contribution in [3.63, 3.8) is 0 Å². The number of amides is 1. The third-order valence-electron chi connectivity index (χ3n) is 5.19. The lowest BCUT2D eigenvalue weighted by atomic mass is 9.95. The van der Waals surface area contributed by atoms with Gasteiger partial charge in [0, 0.05) is 11.3 Å². The van der Waals surface area contributed by atoms with Gasteiger partial charge >= 0.3 is 0 Å². The van der Waals surface area contributed by atoms with E-state index in [0.29, 0.717) is 23.6 Å². The number of carbonyl (C=O) groups is 2. The number of phenolic OH excluding ortho intramolecular Hbond substituents is 1. The van der Waals surface area contributed by atoms with Crippen molar-refractivity contribution in [2.24, 2.45) is 0 Å². The maximum Gasteiger partial charge on any atom is 0.300 e. The fourth-order valence-corrected chi connectivity index (χ4v) is 3.95. The summed E-state index contributed by atoms with van der Waals surface area (Å²) in [5.74, 6) is -1.49. The minimum absolute atomic E-state index is 0.0397. The van der Waals surface area contributed by atoms with Crippen molar-refractivity contribution in [2.45, 2.75) is 13.0 Å². The van der Waals surface area contributed by atoms with Crippen molar-refractivity contribution in [2.75, 3.05) is 11.5 Å². The number of phenols is 1. The fraction of sp³-hybridized carbons (Fsp3) is 0.120. The van der Waals surface area contributed by atoms with Crippen LogP contribution in [0.5, 0.6) is 11.5 Å². The highest BCUT2D eigenvalue weighted by Gasteiger charge is 2.47. The van der Waals surface area contributed by atoms with Gasteiger partial charge in [0.15, 0.2) is 0 Å². The van der Waals surface area contributed by atoms with Gasteiger partial charge in [0.05, 0.1) is 23.2 Å². The van der Waals surface area contributed by atoms with Crippen molar-refractivity contribution in [3.05, 3.63) is 94.5 Å². The monoisotopic (exact) mass is 449 g/mol. The second-order valence-corrected chi connectivity index (χ2v) is 7.58. The smallest absolute Gasteiger partial charge is 0.300 e. The molecule has 6 nitrogen and oxygen atoms in total. The first kappa shape index (κ1) is 21.5. The summed E-state index contributed by atoms with van der Waals surface area (Å²) in [7, 11) is 0. The number of ether oxygens (including phenoxy) is 1. The summed E-state index contributed by atoms with van der Waals surface area (Å²) in [6, 6.07) is 18.7. The van der Waals surface area contributed by atoms with Crippen molar-refractivity contribution in [3.8, 4) is 11.5 Å². The fourth-order valence-electron chi connectivity index (χ4n) is 3.75. The number of rotatable bonds is 5. The van der Waals surface area contributed by atoms with Gasteiger partial charge in [-0.05, 0) is 55.0 Å². The van der Waals surface area contributed by atoms with Gasteiger partial charge in [-0.3, -0.25) is 14.5 Å². The Morgan fingerprint density at radius 1 is 1.03 bits per heavy atom. The number of benzene rings is 3. The van der Waals surface area contributed by atoms with Crippen LogP contribution in [0.15, 0.2) is 78.4 Å². The molecule has 1 amide bonds. The molecule has 7 heteroatoms.